The maximum Gasteiger partial charge on any atom is 0.326 e. The zero-order valence-electron chi connectivity index (χ0n) is 22.6. The van der Waals surface area contributed by atoms with Gasteiger partial charge in [-0.1, -0.05) is 18.2 Å². The van der Waals surface area contributed by atoms with Crippen molar-refractivity contribution in [2.75, 3.05) is 20.3 Å². The van der Waals surface area contributed by atoms with E-state index >= 15 is 0 Å². The van der Waals surface area contributed by atoms with Crippen molar-refractivity contribution in [2.24, 2.45) is 5.92 Å². The number of carbonyl (C=O) groups excluding carboxylic acids is 2. The molecule has 5 rings (SSSR count). The second kappa shape index (κ2) is 11.4. The standard InChI is InChI=1S/C28H32N4O10/c1-42-24-22(36)20-15(21(35)23(24)37)8-19(26(38)31-18(28(40)41)6-12(10-33)11-34)32-25(20)30-17(27(32)39)7-13-9-29-16-5-3-2-4-14(13)16/h2-5,9,12,17-19,25,29-30,33-37H,6-8,10-11H2,1H3,(H,31,38)(H,40,41)/t17-,18-,19+,25-/m0/s1. The lowest BCUT2D eigenvalue weighted by Gasteiger charge is -2.39. The molecule has 3 heterocycles. The zero-order chi connectivity index (χ0) is 30.3. The molecule has 42 heavy (non-hydrogen) atoms. The number of para-hydroxylation sites is 1. The Morgan fingerprint density at radius 1 is 1.12 bits per heavy atom. The highest BCUT2D eigenvalue weighted by Gasteiger charge is 2.52. The number of aliphatic hydroxyl groups excluding tert-OH is 2. The van der Waals surface area contributed by atoms with Crippen LogP contribution in [0.1, 0.15) is 29.3 Å². The Morgan fingerprint density at radius 2 is 1.83 bits per heavy atom. The number of aliphatic hydroxyl groups is 2. The molecule has 4 atom stereocenters. The van der Waals surface area contributed by atoms with Gasteiger partial charge in [-0.05, 0) is 24.5 Å². The Balaban J connectivity index is 1.54. The number of aromatic amines is 1. The first-order valence-electron chi connectivity index (χ1n) is 13.3. The molecule has 1 saturated heterocycles. The van der Waals surface area contributed by atoms with Gasteiger partial charge in [0, 0.05) is 53.8 Å². The molecular weight excluding hydrogens is 552 g/mol. The van der Waals surface area contributed by atoms with Gasteiger partial charge in [0.05, 0.1) is 13.2 Å². The quantitative estimate of drug-likeness (QED) is 0.112. The summed E-state index contributed by atoms with van der Waals surface area (Å²) >= 11 is 0. The van der Waals surface area contributed by atoms with E-state index < -0.39 is 84.2 Å². The van der Waals surface area contributed by atoms with Crippen LogP contribution in [0.25, 0.3) is 10.9 Å². The third kappa shape index (κ3) is 4.82. The molecule has 0 radical (unpaired) electrons. The third-order valence-corrected chi connectivity index (χ3v) is 8.02. The summed E-state index contributed by atoms with van der Waals surface area (Å²) in [5.41, 5.74) is 1.70. The lowest BCUT2D eigenvalue weighted by molar-refractivity contribution is -0.145. The number of aliphatic carboxylic acids is 1. The van der Waals surface area contributed by atoms with E-state index in [9.17, 15) is 45.0 Å². The van der Waals surface area contributed by atoms with Gasteiger partial charge in [0.25, 0.3) is 0 Å². The zero-order valence-corrected chi connectivity index (χ0v) is 22.6. The summed E-state index contributed by atoms with van der Waals surface area (Å²) in [5.74, 6) is -5.93. The van der Waals surface area contributed by atoms with E-state index in [4.69, 9.17) is 4.74 Å². The van der Waals surface area contributed by atoms with Gasteiger partial charge in [0.15, 0.2) is 11.5 Å². The molecule has 2 aromatic carbocycles. The summed E-state index contributed by atoms with van der Waals surface area (Å²) in [5, 5.41) is 67.4. The predicted molar refractivity (Wildman–Crippen MR) is 146 cm³/mol. The van der Waals surface area contributed by atoms with Gasteiger partial charge in [-0.15, -0.1) is 0 Å². The molecule has 14 heteroatoms. The Bertz CT molecular complexity index is 1530. The van der Waals surface area contributed by atoms with E-state index in [-0.39, 0.29) is 30.4 Å². The number of phenolic OH excluding ortho intramolecular Hbond substituents is 3. The number of ether oxygens (including phenoxy) is 1. The highest BCUT2D eigenvalue weighted by atomic mass is 16.5. The molecule has 1 aromatic heterocycles. The van der Waals surface area contributed by atoms with Crippen LogP contribution >= 0.6 is 0 Å². The molecule has 3 aromatic rings. The van der Waals surface area contributed by atoms with Gasteiger partial charge < -0.3 is 50.6 Å². The lowest BCUT2D eigenvalue weighted by Crippen LogP contribution is -2.56. The molecule has 0 spiro atoms. The second-order valence-corrected chi connectivity index (χ2v) is 10.5. The molecule has 0 bridgehead atoms. The topological polar surface area (TPSA) is 225 Å². The number of aromatic hydroxyl groups is 3. The number of carbonyl (C=O) groups is 3. The number of amides is 2. The van der Waals surface area contributed by atoms with E-state index in [1.807, 2.05) is 24.3 Å². The van der Waals surface area contributed by atoms with Crippen molar-refractivity contribution in [3.8, 4) is 23.0 Å². The maximum absolute atomic E-state index is 13.9. The summed E-state index contributed by atoms with van der Waals surface area (Å²) < 4.78 is 5.09. The number of aromatic nitrogens is 1. The molecule has 1 fully saturated rings. The number of methoxy groups -OCH3 is 1. The fraction of sp³-hybridized carbons (Fsp3) is 0.393. The fourth-order valence-electron chi connectivity index (χ4n) is 5.86. The Labute approximate surface area is 239 Å². The number of hydrogen-bond acceptors (Lipinski definition) is 10. The highest BCUT2D eigenvalue weighted by Crippen LogP contribution is 2.53. The SMILES string of the molecule is COc1c(O)c(O)c2c(c1O)[C@H]1N[C@@H](Cc3c[nH]c4ccccc34)C(=O)N1[C@@H](C(=O)N[C@@H](CC(CO)CO)C(=O)O)C2. The van der Waals surface area contributed by atoms with Crippen LogP contribution in [0, 0.1) is 5.92 Å². The number of fused-ring (bicyclic) bond motifs is 4. The van der Waals surface area contributed by atoms with Crippen LogP contribution in [0.5, 0.6) is 23.0 Å². The van der Waals surface area contributed by atoms with Gasteiger partial charge in [0.1, 0.15) is 18.2 Å². The second-order valence-electron chi connectivity index (χ2n) is 10.5. The van der Waals surface area contributed by atoms with E-state index in [1.54, 1.807) is 6.20 Å². The minimum Gasteiger partial charge on any atom is -0.504 e. The fourth-order valence-corrected chi connectivity index (χ4v) is 5.86. The number of benzene rings is 2. The van der Waals surface area contributed by atoms with E-state index in [0.717, 1.165) is 16.5 Å². The molecule has 2 amide bonds. The summed E-state index contributed by atoms with van der Waals surface area (Å²) in [6, 6.07) is 3.79. The van der Waals surface area contributed by atoms with Crippen molar-refractivity contribution in [1.82, 2.24) is 20.5 Å². The molecule has 224 valence electrons. The molecule has 14 nitrogen and oxygen atoms in total. The van der Waals surface area contributed by atoms with Crippen molar-refractivity contribution in [1.29, 1.82) is 0 Å². The van der Waals surface area contributed by atoms with Gasteiger partial charge >= 0.3 is 5.97 Å². The molecule has 2 aliphatic heterocycles. The molecule has 0 saturated carbocycles. The number of carboxylic acid groups (broad SMARTS) is 1. The lowest BCUT2D eigenvalue weighted by atomic mass is 9.89. The number of nitrogens with one attached hydrogen (secondary N) is 3. The predicted octanol–water partition coefficient (Wildman–Crippen LogP) is -0.180. The van der Waals surface area contributed by atoms with Crippen molar-refractivity contribution < 1.29 is 49.8 Å². The Morgan fingerprint density at radius 3 is 2.50 bits per heavy atom. The minimum atomic E-state index is -1.50. The van der Waals surface area contributed by atoms with Crippen LogP contribution in [0.4, 0.5) is 0 Å². The smallest absolute Gasteiger partial charge is 0.326 e. The van der Waals surface area contributed by atoms with E-state index in [1.165, 1.54) is 12.0 Å². The van der Waals surface area contributed by atoms with E-state index in [0.29, 0.717) is 0 Å². The van der Waals surface area contributed by atoms with Crippen LogP contribution in [-0.4, -0.2) is 96.8 Å². The van der Waals surface area contributed by atoms with Crippen LogP contribution in [0.15, 0.2) is 30.5 Å². The number of nitrogens with zero attached hydrogens (tertiary/aromatic N) is 1. The van der Waals surface area contributed by atoms with Gasteiger partial charge in [-0.3, -0.25) is 14.9 Å². The normalized spacial score (nSPS) is 20.4. The molecule has 9 N–H and O–H groups in total. The highest BCUT2D eigenvalue weighted by molar-refractivity contribution is 5.95. The van der Waals surface area contributed by atoms with Crippen LogP contribution in [-0.2, 0) is 27.2 Å². The van der Waals surface area contributed by atoms with Gasteiger partial charge in [0.2, 0.25) is 23.3 Å². The monoisotopic (exact) mass is 584 g/mol. The average molecular weight is 585 g/mol. The minimum absolute atomic E-state index is 0.0179. The largest absolute Gasteiger partial charge is 0.504 e. The van der Waals surface area contributed by atoms with E-state index in [2.05, 4.69) is 15.6 Å². The number of H-pyrrole nitrogens is 1. The number of rotatable bonds is 10. The van der Waals surface area contributed by atoms with Crippen molar-refractivity contribution in [3.63, 3.8) is 0 Å². The molecule has 0 unspecified atom stereocenters. The van der Waals surface area contributed by atoms with Gasteiger partial charge in [-0.25, -0.2) is 4.79 Å². The van der Waals surface area contributed by atoms with Crippen LogP contribution in [0.2, 0.25) is 0 Å². The molecule has 0 aliphatic carbocycles. The van der Waals surface area contributed by atoms with Crippen molar-refractivity contribution in [3.05, 3.63) is 47.2 Å². The summed E-state index contributed by atoms with van der Waals surface area (Å²) in [4.78, 5) is 43.8. The first kappa shape index (κ1) is 29.0. The maximum atomic E-state index is 13.9. The molecular formula is C28H32N4O10. The average Bonchev–Trinajstić information content (AvgIpc) is 3.54. The van der Waals surface area contributed by atoms with Crippen molar-refractivity contribution in [2.45, 2.75) is 43.6 Å². The Kier molecular flexibility index (Phi) is 7.86. The van der Waals surface area contributed by atoms with Crippen molar-refractivity contribution >= 4 is 28.7 Å². The van der Waals surface area contributed by atoms with Crippen LogP contribution < -0.4 is 15.4 Å². The molecule has 2 aliphatic rings. The number of hydrogen-bond donors (Lipinski definition) is 9. The summed E-state index contributed by atoms with van der Waals surface area (Å²) in [6.07, 6.45) is 0.194. The van der Waals surface area contributed by atoms with Crippen LogP contribution in [0.3, 0.4) is 0 Å². The number of phenols is 3. The summed E-state index contributed by atoms with van der Waals surface area (Å²) in [7, 11) is 1.18. The van der Waals surface area contributed by atoms with Gasteiger partial charge in [-0.2, -0.15) is 0 Å². The Hall–Kier alpha value is -4.53. The first-order chi connectivity index (χ1) is 20.1. The third-order valence-electron chi connectivity index (χ3n) is 8.02. The first-order valence-corrected chi connectivity index (χ1v) is 13.3. The number of carboxylic acids is 1. The summed E-state index contributed by atoms with van der Waals surface area (Å²) in [6.45, 7) is -1.01.